The Balaban J connectivity index is 0.00000256. The molecule has 1 fully saturated rings. The second kappa shape index (κ2) is 8.22. The molecule has 0 bridgehead atoms. The summed E-state index contributed by atoms with van der Waals surface area (Å²) in [5.74, 6) is 2.53. The van der Waals surface area contributed by atoms with Crippen LogP contribution in [0, 0.1) is 5.41 Å². The van der Waals surface area contributed by atoms with Gasteiger partial charge in [-0.2, -0.15) is 11.8 Å². The number of amides is 1. The van der Waals surface area contributed by atoms with Crippen molar-refractivity contribution < 1.29 is 4.79 Å². The van der Waals surface area contributed by atoms with Crippen molar-refractivity contribution in [3.8, 4) is 0 Å². The first-order chi connectivity index (χ1) is 7.70. The lowest BCUT2D eigenvalue weighted by Crippen LogP contribution is -2.48. The Hall–Kier alpha value is 0.0700. The summed E-state index contributed by atoms with van der Waals surface area (Å²) in [6.45, 7) is 6.42. The maximum Gasteiger partial charge on any atom is 0.230 e. The molecule has 1 aliphatic heterocycles. The van der Waals surface area contributed by atoms with Crippen molar-refractivity contribution in [3.05, 3.63) is 0 Å². The van der Waals surface area contributed by atoms with Crippen molar-refractivity contribution in [2.24, 2.45) is 11.1 Å². The Morgan fingerprint density at radius 2 is 1.94 bits per heavy atom. The van der Waals surface area contributed by atoms with Crippen molar-refractivity contribution in [1.29, 1.82) is 0 Å². The van der Waals surface area contributed by atoms with E-state index in [1.165, 1.54) is 5.75 Å². The van der Waals surface area contributed by atoms with Gasteiger partial charge in [0.25, 0.3) is 0 Å². The lowest BCUT2D eigenvalue weighted by atomic mass is 9.81. The fraction of sp³-hybridized carbons (Fsp3) is 0.917. The Kier molecular flexibility index (Phi) is 8.25. The van der Waals surface area contributed by atoms with Crippen LogP contribution in [-0.2, 0) is 4.79 Å². The summed E-state index contributed by atoms with van der Waals surface area (Å²) in [5, 5.41) is 0. The molecule has 1 rings (SSSR count). The van der Waals surface area contributed by atoms with Crippen LogP contribution in [0.15, 0.2) is 0 Å². The summed E-state index contributed by atoms with van der Waals surface area (Å²) < 4.78 is 0. The van der Waals surface area contributed by atoms with E-state index in [4.69, 9.17) is 5.73 Å². The first-order valence-electron chi connectivity index (χ1n) is 6.27. The summed E-state index contributed by atoms with van der Waals surface area (Å²) in [5.41, 5.74) is 5.51. The summed E-state index contributed by atoms with van der Waals surface area (Å²) in [6, 6.07) is 0. The molecule has 1 saturated heterocycles. The first-order valence-corrected chi connectivity index (χ1v) is 7.43. The third-order valence-electron chi connectivity index (χ3n) is 3.71. The van der Waals surface area contributed by atoms with Crippen LogP contribution < -0.4 is 5.73 Å². The lowest BCUT2D eigenvalue weighted by Gasteiger charge is -2.34. The average Bonchev–Trinajstić information content (AvgIpc) is 2.60. The minimum atomic E-state index is -0.311. The van der Waals surface area contributed by atoms with E-state index < -0.39 is 0 Å². The average molecular weight is 281 g/mol. The number of carbonyl (C=O) groups is 1. The topological polar surface area (TPSA) is 46.3 Å². The Bertz CT molecular complexity index is 218. The summed E-state index contributed by atoms with van der Waals surface area (Å²) >= 11 is 1.95. The first kappa shape index (κ1) is 17.1. The van der Waals surface area contributed by atoms with Gasteiger partial charge in [-0.1, -0.05) is 13.8 Å². The highest BCUT2D eigenvalue weighted by molar-refractivity contribution is 7.99. The van der Waals surface area contributed by atoms with Gasteiger partial charge < -0.3 is 10.6 Å². The molecule has 3 nitrogen and oxygen atoms in total. The van der Waals surface area contributed by atoms with Gasteiger partial charge in [-0.25, -0.2) is 0 Å². The molecule has 0 unspecified atom stereocenters. The molecule has 17 heavy (non-hydrogen) atoms. The minimum Gasteiger partial charge on any atom is -0.341 e. The van der Waals surface area contributed by atoms with Crippen LogP contribution in [0.3, 0.4) is 0 Å². The third kappa shape index (κ3) is 4.04. The van der Waals surface area contributed by atoms with Crippen molar-refractivity contribution in [2.45, 2.75) is 33.1 Å². The molecule has 102 valence electrons. The third-order valence-corrected chi connectivity index (χ3v) is 4.76. The van der Waals surface area contributed by atoms with E-state index in [1.807, 2.05) is 16.7 Å². The van der Waals surface area contributed by atoms with Crippen LogP contribution in [0.1, 0.15) is 33.1 Å². The van der Waals surface area contributed by atoms with E-state index >= 15 is 0 Å². The molecule has 0 spiro atoms. The molecular formula is C12H25ClN2OS. The predicted molar refractivity (Wildman–Crippen MR) is 77.8 cm³/mol. The summed E-state index contributed by atoms with van der Waals surface area (Å²) in [4.78, 5) is 14.5. The SMILES string of the molecule is CCC(CC)(CN)C(=O)N1CCCSCC1.Cl. The summed E-state index contributed by atoms with van der Waals surface area (Å²) in [7, 11) is 0. The highest BCUT2D eigenvalue weighted by atomic mass is 35.5. The van der Waals surface area contributed by atoms with Crippen LogP contribution in [0.5, 0.6) is 0 Å². The van der Waals surface area contributed by atoms with E-state index in [0.29, 0.717) is 6.54 Å². The second-order valence-electron chi connectivity index (χ2n) is 4.45. The van der Waals surface area contributed by atoms with Gasteiger partial charge >= 0.3 is 0 Å². The van der Waals surface area contributed by atoms with Crippen LogP contribution >= 0.6 is 24.2 Å². The van der Waals surface area contributed by atoms with E-state index in [2.05, 4.69) is 13.8 Å². The quantitative estimate of drug-likeness (QED) is 0.858. The van der Waals surface area contributed by atoms with Gasteiger partial charge in [0.05, 0.1) is 5.41 Å². The molecule has 1 aliphatic rings. The second-order valence-corrected chi connectivity index (χ2v) is 5.67. The number of nitrogens with two attached hydrogens (primary N) is 1. The van der Waals surface area contributed by atoms with E-state index in [-0.39, 0.29) is 23.7 Å². The standard InChI is InChI=1S/C12H24N2OS.ClH/c1-3-12(4-2,10-13)11(15)14-6-5-8-16-9-7-14;/h3-10,13H2,1-2H3;1H. The molecule has 1 amide bonds. The minimum absolute atomic E-state index is 0. The molecule has 0 radical (unpaired) electrons. The molecule has 0 saturated carbocycles. The van der Waals surface area contributed by atoms with Gasteiger partial charge in [0.2, 0.25) is 5.91 Å². The van der Waals surface area contributed by atoms with Crippen LogP contribution in [-0.4, -0.2) is 41.9 Å². The molecule has 0 atom stereocenters. The van der Waals surface area contributed by atoms with Gasteiger partial charge in [0.15, 0.2) is 0 Å². The van der Waals surface area contributed by atoms with Gasteiger partial charge in [0, 0.05) is 25.4 Å². The molecular weight excluding hydrogens is 256 g/mol. The largest absolute Gasteiger partial charge is 0.341 e. The normalized spacial score (nSPS) is 17.2. The lowest BCUT2D eigenvalue weighted by molar-refractivity contribution is -0.141. The predicted octanol–water partition coefficient (Wildman–Crippen LogP) is 2.14. The smallest absolute Gasteiger partial charge is 0.230 e. The van der Waals surface area contributed by atoms with Crippen molar-refractivity contribution in [1.82, 2.24) is 4.90 Å². The molecule has 1 heterocycles. The van der Waals surface area contributed by atoms with Crippen LogP contribution in [0.25, 0.3) is 0 Å². The van der Waals surface area contributed by atoms with Crippen LogP contribution in [0.4, 0.5) is 0 Å². The number of hydrogen-bond acceptors (Lipinski definition) is 3. The highest BCUT2D eigenvalue weighted by Crippen LogP contribution is 2.28. The van der Waals surface area contributed by atoms with Gasteiger partial charge in [-0.3, -0.25) is 4.79 Å². The van der Waals surface area contributed by atoms with E-state index in [9.17, 15) is 4.79 Å². The molecule has 0 aromatic carbocycles. The highest BCUT2D eigenvalue weighted by Gasteiger charge is 2.36. The van der Waals surface area contributed by atoms with Crippen LogP contribution in [0.2, 0.25) is 0 Å². The maximum atomic E-state index is 12.5. The molecule has 0 aliphatic carbocycles. The fourth-order valence-electron chi connectivity index (χ4n) is 2.21. The zero-order valence-corrected chi connectivity index (χ0v) is 12.5. The number of nitrogens with zero attached hydrogens (tertiary/aromatic N) is 1. The number of rotatable bonds is 4. The van der Waals surface area contributed by atoms with Crippen molar-refractivity contribution in [3.63, 3.8) is 0 Å². The zero-order valence-electron chi connectivity index (χ0n) is 10.9. The van der Waals surface area contributed by atoms with Crippen molar-refractivity contribution >= 4 is 30.1 Å². The summed E-state index contributed by atoms with van der Waals surface area (Å²) in [6.07, 6.45) is 2.81. The molecule has 0 aromatic heterocycles. The number of thioether (sulfide) groups is 1. The number of carbonyl (C=O) groups excluding carboxylic acids is 1. The number of hydrogen-bond donors (Lipinski definition) is 1. The molecule has 5 heteroatoms. The maximum absolute atomic E-state index is 12.5. The molecule has 2 N–H and O–H groups in total. The van der Waals surface area contributed by atoms with E-state index in [0.717, 1.165) is 38.1 Å². The molecule has 0 aromatic rings. The van der Waals surface area contributed by atoms with E-state index in [1.54, 1.807) is 0 Å². The Labute approximate surface area is 115 Å². The van der Waals surface area contributed by atoms with Gasteiger partial charge in [-0.05, 0) is 25.0 Å². The van der Waals surface area contributed by atoms with Gasteiger partial charge in [0.1, 0.15) is 0 Å². The fourth-order valence-corrected chi connectivity index (χ4v) is 3.10. The number of halogens is 1. The van der Waals surface area contributed by atoms with Crippen molar-refractivity contribution in [2.75, 3.05) is 31.1 Å². The monoisotopic (exact) mass is 280 g/mol. The Morgan fingerprint density at radius 1 is 1.29 bits per heavy atom. The zero-order chi connectivity index (χ0) is 12.0. The Morgan fingerprint density at radius 3 is 2.47 bits per heavy atom. The van der Waals surface area contributed by atoms with Gasteiger partial charge in [-0.15, -0.1) is 12.4 Å².